The lowest BCUT2D eigenvalue weighted by atomic mass is 10.2. The number of cyclic esters (lactones) is 2. The second kappa shape index (κ2) is 4.86. The Labute approximate surface area is 129 Å². The monoisotopic (exact) mass is 322 g/mol. The summed E-state index contributed by atoms with van der Waals surface area (Å²) < 4.78 is 11.1. The highest BCUT2D eigenvalue weighted by molar-refractivity contribution is 7.20. The molecule has 6 heteroatoms. The molecule has 2 heterocycles. The maximum atomic E-state index is 11.9. The van der Waals surface area contributed by atoms with Gasteiger partial charge in [0.2, 0.25) is 0 Å². The number of thiophene rings is 1. The molecule has 1 aliphatic rings. The molecule has 108 valence electrons. The first kappa shape index (κ1) is 14.1. The molecule has 3 rings (SSSR count). The van der Waals surface area contributed by atoms with E-state index in [1.165, 1.54) is 31.3 Å². The molecule has 0 spiro atoms. The van der Waals surface area contributed by atoms with Gasteiger partial charge in [-0.3, -0.25) is 0 Å². The maximum Gasteiger partial charge on any atom is 0.348 e. The largest absolute Gasteiger partial charge is 0.419 e. The van der Waals surface area contributed by atoms with Gasteiger partial charge in [0.1, 0.15) is 5.57 Å². The van der Waals surface area contributed by atoms with Crippen LogP contribution in [0.4, 0.5) is 0 Å². The summed E-state index contributed by atoms with van der Waals surface area (Å²) in [6.07, 6.45) is 1.42. The summed E-state index contributed by atoms with van der Waals surface area (Å²) in [5, 5.41) is 1.39. The van der Waals surface area contributed by atoms with Gasteiger partial charge in [0.15, 0.2) is 0 Å². The van der Waals surface area contributed by atoms with Gasteiger partial charge < -0.3 is 9.47 Å². The van der Waals surface area contributed by atoms with E-state index in [1.807, 2.05) is 24.3 Å². The second-order valence-corrected chi connectivity index (χ2v) is 6.48. The van der Waals surface area contributed by atoms with Crippen LogP contribution in [0.3, 0.4) is 0 Å². The van der Waals surface area contributed by atoms with Gasteiger partial charge in [-0.15, -0.1) is 11.3 Å². The first-order chi connectivity index (χ1) is 9.87. The Hall–Kier alpha value is -1.85. The van der Waals surface area contributed by atoms with Crippen molar-refractivity contribution in [2.45, 2.75) is 19.6 Å². The van der Waals surface area contributed by atoms with Gasteiger partial charge >= 0.3 is 11.9 Å². The van der Waals surface area contributed by atoms with Crippen molar-refractivity contribution >= 4 is 51.0 Å². The van der Waals surface area contributed by atoms with Crippen LogP contribution in [0.25, 0.3) is 16.2 Å². The van der Waals surface area contributed by atoms with Gasteiger partial charge in [-0.2, -0.15) is 0 Å². The van der Waals surface area contributed by atoms with Crippen LogP contribution in [-0.2, 0) is 19.1 Å². The molecule has 1 saturated heterocycles. The van der Waals surface area contributed by atoms with Gasteiger partial charge in [0.25, 0.3) is 5.79 Å². The average Bonchev–Trinajstić information content (AvgIpc) is 2.70. The van der Waals surface area contributed by atoms with Crippen molar-refractivity contribution in [3.8, 4) is 0 Å². The standard InChI is InChI=1S/C15H11ClO4S/c1-15(2)19-13(17)9(14(18)20-15)7-11-12(16)8-5-3-4-6-10(8)21-11/h3-7H,1-2H3. The number of carbonyl (C=O) groups is 2. The van der Waals surface area contributed by atoms with Crippen LogP contribution in [0.1, 0.15) is 18.7 Å². The predicted molar refractivity (Wildman–Crippen MR) is 81.1 cm³/mol. The summed E-state index contributed by atoms with van der Waals surface area (Å²) in [7, 11) is 0. The van der Waals surface area contributed by atoms with Crippen LogP contribution in [0, 0.1) is 0 Å². The van der Waals surface area contributed by atoms with Crippen molar-refractivity contribution < 1.29 is 19.1 Å². The first-order valence-electron chi connectivity index (χ1n) is 6.23. The molecule has 4 nitrogen and oxygen atoms in total. The Kier molecular flexibility index (Phi) is 3.26. The summed E-state index contributed by atoms with van der Waals surface area (Å²) in [6.45, 7) is 3.01. The van der Waals surface area contributed by atoms with Gasteiger partial charge in [-0.1, -0.05) is 29.8 Å². The van der Waals surface area contributed by atoms with Gasteiger partial charge in [0, 0.05) is 28.8 Å². The smallest absolute Gasteiger partial charge is 0.348 e. The minimum absolute atomic E-state index is 0.150. The predicted octanol–water partition coefficient (Wildman–Crippen LogP) is 3.77. The molecular formula is C15H11ClO4S. The molecule has 1 aromatic heterocycles. The summed E-state index contributed by atoms with van der Waals surface area (Å²) in [4.78, 5) is 24.5. The third kappa shape index (κ3) is 2.54. The Morgan fingerprint density at radius 1 is 1.14 bits per heavy atom. The molecule has 2 aromatic rings. The number of esters is 2. The number of benzene rings is 1. The SMILES string of the molecule is CC1(C)OC(=O)C(=Cc2sc3ccccc3c2Cl)C(=O)O1. The lowest BCUT2D eigenvalue weighted by molar-refractivity contribution is -0.222. The molecule has 0 aliphatic carbocycles. The van der Waals surface area contributed by atoms with Gasteiger partial charge in [0.05, 0.1) is 5.02 Å². The summed E-state index contributed by atoms with van der Waals surface area (Å²) >= 11 is 7.69. The van der Waals surface area contributed by atoms with Crippen LogP contribution in [0.2, 0.25) is 5.02 Å². The highest BCUT2D eigenvalue weighted by atomic mass is 35.5. The fraction of sp³-hybridized carbons (Fsp3) is 0.200. The quantitative estimate of drug-likeness (QED) is 0.455. The van der Waals surface area contributed by atoms with Crippen LogP contribution >= 0.6 is 22.9 Å². The van der Waals surface area contributed by atoms with Crippen molar-refractivity contribution in [3.05, 3.63) is 39.7 Å². The molecule has 21 heavy (non-hydrogen) atoms. The lowest BCUT2D eigenvalue weighted by Crippen LogP contribution is -2.41. The molecule has 0 atom stereocenters. The Balaban J connectivity index is 2.06. The van der Waals surface area contributed by atoms with E-state index >= 15 is 0 Å². The number of fused-ring (bicyclic) bond motifs is 1. The molecule has 0 radical (unpaired) electrons. The highest BCUT2D eigenvalue weighted by Gasteiger charge is 2.39. The Bertz CT molecular complexity index is 766. The Morgan fingerprint density at radius 2 is 1.76 bits per heavy atom. The molecule has 0 bridgehead atoms. The van der Waals surface area contributed by atoms with Crippen molar-refractivity contribution in [2.24, 2.45) is 0 Å². The van der Waals surface area contributed by atoms with E-state index in [-0.39, 0.29) is 5.57 Å². The van der Waals surface area contributed by atoms with E-state index in [0.29, 0.717) is 9.90 Å². The second-order valence-electron chi connectivity index (χ2n) is 5.01. The third-order valence-corrected chi connectivity index (χ3v) is 4.59. The number of rotatable bonds is 1. The fourth-order valence-electron chi connectivity index (χ4n) is 2.04. The van der Waals surface area contributed by atoms with Crippen LogP contribution in [-0.4, -0.2) is 17.7 Å². The minimum Gasteiger partial charge on any atom is -0.419 e. The van der Waals surface area contributed by atoms with E-state index in [0.717, 1.165) is 10.1 Å². The van der Waals surface area contributed by atoms with E-state index < -0.39 is 17.7 Å². The molecule has 1 fully saturated rings. The molecule has 0 saturated carbocycles. The maximum absolute atomic E-state index is 11.9. The summed E-state index contributed by atoms with van der Waals surface area (Å²) in [5.41, 5.74) is -0.150. The molecule has 0 unspecified atom stereocenters. The molecule has 0 N–H and O–H groups in total. The summed E-state index contributed by atoms with van der Waals surface area (Å²) in [5.74, 6) is -2.65. The fourth-order valence-corrected chi connectivity index (χ4v) is 3.47. The molecule has 0 amide bonds. The number of hydrogen-bond acceptors (Lipinski definition) is 5. The number of carbonyl (C=O) groups excluding carboxylic acids is 2. The van der Waals surface area contributed by atoms with Gasteiger partial charge in [-0.25, -0.2) is 9.59 Å². The van der Waals surface area contributed by atoms with E-state index in [1.54, 1.807) is 0 Å². The molecular weight excluding hydrogens is 312 g/mol. The van der Waals surface area contributed by atoms with Crippen LogP contribution < -0.4 is 0 Å². The van der Waals surface area contributed by atoms with E-state index in [9.17, 15) is 9.59 Å². The van der Waals surface area contributed by atoms with Gasteiger partial charge in [-0.05, 0) is 12.1 Å². The number of halogens is 1. The highest BCUT2D eigenvalue weighted by Crippen LogP contribution is 2.37. The normalized spacial score (nSPS) is 17.6. The molecule has 1 aliphatic heterocycles. The van der Waals surface area contributed by atoms with Crippen LogP contribution in [0.5, 0.6) is 0 Å². The zero-order valence-electron chi connectivity index (χ0n) is 11.3. The number of hydrogen-bond donors (Lipinski definition) is 0. The Morgan fingerprint density at radius 3 is 2.38 bits per heavy atom. The number of ether oxygens (including phenoxy) is 2. The lowest BCUT2D eigenvalue weighted by Gasteiger charge is -2.29. The van der Waals surface area contributed by atoms with Crippen molar-refractivity contribution in [1.82, 2.24) is 0 Å². The topological polar surface area (TPSA) is 52.6 Å². The van der Waals surface area contributed by atoms with Crippen molar-refractivity contribution in [3.63, 3.8) is 0 Å². The third-order valence-electron chi connectivity index (χ3n) is 2.95. The minimum atomic E-state index is -1.24. The molecule has 1 aromatic carbocycles. The van der Waals surface area contributed by atoms with E-state index in [4.69, 9.17) is 21.1 Å². The summed E-state index contributed by atoms with van der Waals surface area (Å²) in [6, 6.07) is 7.59. The van der Waals surface area contributed by atoms with E-state index in [2.05, 4.69) is 0 Å². The zero-order valence-corrected chi connectivity index (χ0v) is 12.9. The average molecular weight is 323 g/mol. The zero-order chi connectivity index (χ0) is 15.2. The first-order valence-corrected chi connectivity index (χ1v) is 7.42. The van der Waals surface area contributed by atoms with Crippen molar-refractivity contribution in [2.75, 3.05) is 0 Å². The van der Waals surface area contributed by atoms with Crippen LogP contribution in [0.15, 0.2) is 29.8 Å². The van der Waals surface area contributed by atoms with Crippen molar-refractivity contribution in [1.29, 1.82) is 0 Å².